The van der Waals surface area contributed by atoms with Crippen molar-refractivity contribution in [3.05, 3.63) is 48.0 Å². The number of hydrogen-bond acceptors (Lipinski definition) is 5. The highest BCUT2D eigenvalue weighted by molar-refractivity contribution is 5.27. The van der Waals surface area contributed by atoms with E-state index in [2.05, 4.69) is 45.0 Å². The van der Waals surface area contributed by atoms with Gasteiger partial charge in [0.15, 0.2) is 0 Å². The van der Waals surface area contributed by atoms with Crippen LogP contribution in [0.5, 0.6) is 0 Å². The molecule has 25 heavy (non-hydrogen) atoms. The molecule has 3 unspecified atom stereocenters. The molecule has 2 N–H and O–H groups in total. The summed E-state index contributed by atoms with van der Waals surface area (Å²) in [7, 11) is 0. The van der Waals surface area contributed by atoms with Gasteiger partial charge in [-0.2, -0.15) is 5.10 Å². The second kappa shape index (κ2) is 8.08. The smallest absolute Gasteiger partial charge is 0.137 e. The summed E-state index contributed by atoms with van der Waals surface area (Å²) in [5.74, 6) is 0.669. The van der Waals surface area contributed by atoms with E-state index in [1.165, 1.54) is 30.4 Å². The highest BCUT2D eigenvalue weighted by Crippen LogP contribution is 2.29. The minimum atomic E-state index is 0.499. The zero-order valence-electron chi connectivity index (χ0n) is 14.6. The fraction of sp³-hybridized carbons (Fsp3) is 0.579. The van der Waals surface area contributed by atoms with Crippen LogP contribution in [0.25, 0.3) is 0 Å². The van der Waals surface area contributed by atoms with Gasteiger partial charge in [0.25, 0.3) is 0 Å². The summed E-state index contributed by atoms with van der Waals surface area (Å²) in [6.45, 7) is 4.35. The number of benzene rings is 1. The summed E-state index contributed by atoms with van der Waals surface area (Å²) in [6, 6.07) is 9.67. The van der Waals surface area contributed by atoms with Crippen LogP contribution in [0.4, 0.5) is 0 Å². The average molecular weight is 341 g/mol. The molecule has 0 amide bonds. The van der Waals surface area contributed by atoms with Crippen molar-refractivity contribution in [3.63, 3.8) is 0 Å². The number of morpholine rings is 1. The molecule has 0 radical (unpaired) electrons. The zero-order chi connectivity index (χ0) is 16.9. The highest BCUT2D eigenvalue weighted by Gasteiger charge is 2.34. The lowest BCUT2D eigenvalue weighted by Crippen LogP contribution is -2.50. The Morgan fingerprint density at radius 1 is 1.24 bits per heavy atom. The monoisotopic (exact) mass is 341 g/mol. The Morgan fingerprint density at radius 2 is 2.16 bits per heavy atom. The molecular formula is C19H27N5O. The van der Waals surface area contributed by atoms with Gasteiger partial charge in [-0.15, -0.1) is 0 Å². The van der Waals surface area contributed by atoms with Crippen molar-refractivity contribution in [1.29, 1.82) is 0 Å². The normalized spacial score (nSPS) is 26.8. The first kappa shape index (κ1) is 16.7. The van der Waals surface area contributed by atoms with Gasteiger partial charge in [0, 0.05) is 25.2 Å². The zero-order valence-corrected chi connectivity index (χ0v) is 14.6. The van der Waals surface area contributed by atoms with Gasteiger partial charge in [0.1, 0.15) is 12.7 Å². The van der Waals surface area contributed by atoms with E-state index in [-0.39, 0.29) is 0 Å². The molecule has 6 nitrogen and oxygen atoms in total. The Kier molecular flexibility index (Phi) is 5.40. The molecule has 134 valence electrons. The number of hydrogen-bond donors (Lipinski definition) is 2. The number of nitrogens with one attached hydrogen (secondary N) is 2. The minimum absolute atomic E-state index is 0.499. The fourth-order valence-corrected chi connectivity index (χ4v) is 4.20. The third kappa shape index (κ3) is 4.08. The Hall–Kier alpha value is -1.76. The maximum absolute atomic E-state index is 5.68. The molecule has 1 aromatic carbocycles. The third-order valence-corrected chi connectivity index (χ3v) is 5.51. The van der Waals surface area contributed by atoms with Gasteiger partial charge in [-0.1, -0.05) is 30.7 Å². The van der Waals surface area contributed by atoms with Gasteiger partial charge >= 0.3 is 0 Å². The van der Waals surface area contributed by atoms with E-state index in [1.54, 1.807) is 12.7 Å². The molecule has 2 fully saturated rings. The van der Waals surface area contributed by atoms with E-state index in [0.29, 0.717) is 18.0 Å². The van der Waals surface area contributed by atoms with E-state index < -0.39 is 0 Å². The maximum atomic E-state index is 5.68. The van der Waals surface area contributed by atoms with Crippen LogP contribution in [0.2, 0.25) is 0 Å². The predicted octanol–water partition coefficient (Wildman–Crippen LogP) is 1.57. The fourth-order valence-electron chi connectivity index (χ4n) is 4.20. The van der Waals surface area contributed by atoms with Crippen LogP contribution in [-0.4, -0.2) is 46.6 Å². The first-order valence-corrected chi connectivity index (χ1v) is 9.34. The minimum Gasteiger partial charge on any atom is -0.379 e. The summed E-state index contributed by atoms with van der Waals surface area (Å²) in [4.78, 5) is 4.04. The molecule has 4 rings (SSSR count). The summed E-state index contributed by atoms with van der Waals surface area (Å²) >= 11 is 0. The van der Waals surface area contributed by atoms with Crippen molar-refractivity contribution in [3.8, 4) is 0 Å². The van der Waals surface area contributed by atoms with Crippen LogP contribution in [0.3, 0.4) is 0 Å². The maximum Gasteiger partial charge on any atom is 0.137 e. The summed E-state index contributed by atoms with van der Waals surface area (Å²) < 4.78 is 7.55. The van der Waals surface area contributed by atoms with Crippen molar-refractivity contribution >= 4 is 0 Å². The highest BCUT2D eigenvalue weighted by atomic mass is 16.5. The summed E-state index contributed by atoms with van der Waals surface area (Å²) in [5.41, 5.74) is 2.64. The molecule has 3 atom stereocenters. The largest absolute Gasteiger partial charge is 0.379 e. The Labute approximate surface area is 149 Å². The lowest BCUT2D eigenvalue weighted by Gasteiger charge is -2.33. The predicted molar refractivity (Wildman–Crippen MR) is 96.1 cm³/mol. The molecule has 2 aromatic rings. The molecule has 1 aromatic heterocycles. The molecule has 1 aliphatic heterocycles. The van der Waals surface area contributed by atoms with E-state index in [4.69, 9.17) is 4.74 Å². The summed E-state index contributed by atoms with van der Waals surface area (Å²) in [5, 5.41) is 11.7. The Morgan fingerprint density at radius 3 is 2.96 bits per heavy atom. The first-order chi connectivity index (χ1) is 12.4. The van der Waals surface area contributed by atoms with E-state index in [9.17, 15) is 0 Å². The lowest BCUT2D eigenvalue weighted by atomic mass is 9.93. The molecule has 2 aliphatic rings. The number of ether oxygens (including phenoxy) is 1. The van der Waals surface area contributed by atoms with E-state index in [1.807, 2.05) is 4.68 Å². The van der Waals surface area contributed by atoms with Gasteiger partial charge in [-0.3, -0.25) is 0 Å². The second-order valence-electron chi connectivity index (χ2n) is 7.08. The molecule has 6 heteroatoms. The third-order valence-electron chi connectivity index (χ3n) is 5.51. The van der Waals surface area contributed by atoms with E-state index in [0.717, 1.165) is 32.8 Å². The quantitative estimate of drug-likeness (QED) is 0.835. The van der Waals surface area contributed by atoms with Crippen LogP contribution in [-0.2, 0) is 17.8 Å². The van der Waals surface area contributed by atoms with Crippen LogP contribution in [0.15, 0.2) is 36.9 Å². The number of nitrogens with zero attached hydrogens (tertiary/aromatic N) is 3. The second-order valence-corrected chi connectivity index (χ2v) is 7.08. The Bertz CT molecular complexity index is 654. The molecule has 1 aliphatic carbocycles. The molecule has 2 heterocycles. The topological polar surface area (TPSA) is 64.0 Å². The van der Waals surface area contributed by atoms with Crippen LogP contribution in [0, 0.1) is 5.92 Å². The molecule has 1 saturated heterocycles. The molecule has 1 saturated carbocycles. The van der Waals surface area contributed by atoms with Crippen molar-refractivity contribution < 1.29 is 4.74 Å². The first-order valence-electron chi connectivity index (χ1n) is 9.34. The van der Waals surface area contributed by atoms with Gasteiger partial charge in [-0.25, -0.2) is 9.67 Å². The SMILES string of the molecule is c1ccc(Cn2cncn2)c(CNC2CCCC2C2COCCN2)c1. The van der Waals surface area contributed by atoms with Crippen LogP contribution >= 0.6 is 0 Å². The van der Waals surface area contributed by atoms with Crippen molar-refractivity contribution in [2.45, 2.75) is 44.4 Å². The van der Waals surface area contributed by atoms with Crippen molar-refractivity contribution in [1.82, 2.24) is 25.4 Å². The van der Waals surface area contributed by atoms with Gasteiger partial charge in [-0.05, 0) is 29.9 Å². The van der Waals surface area contributed by atoms with Crippen molar-refractivity contribution in [2.24, 2.45) is 5.92 Å². The van der Waals surface area contributed by atoms with Crippen LogP contribution < -0.4 is 10.6 Å². The lowest BCUT2D eigenvalue weighted by molar-refractivity contribution is 0.0524. The standard InChI is InChI=1S/C19H27N5O/c1-2-5-16(11-24-14-20-13-23-24)15(4-1)10-22-18-7-3-6-17(18)19-12-25-9-8-21-19/h1-2,4-5,13-14,17-19,21-22H,3,6-12H2. The summed E-state index contributed by atoms with van der Waals surface area (Å²) in [6.07, 6.45) is 7.21. The van der Waals surface area contributed by atoms with Gasteiger partial charge < -0.3 is 15.4 Å². The molecule has 0 spiro atoms. The number of aromatic nitrogens is 3. The molecule has 0 bridgehead atoms. The van der Waals surface area contributed by atoms with Gasteiger partial charge in [0.05, 0.1) is 19.8 Å². The van der Waals surface area contributed by atoms with Gasteiger partial charge in [0.2, 0.25) is 0 Å². The van der Waals surface area contributed by atoms with Crippen LogP contribution in [0.1, 0.15) is 30.4 Å². The number of rotatable bonds is 6. The average Bonchev–Trinajstić information content (AvgIpc) is 3.33. The van der Waals surface area contributed by atoms with Crippen molar-refractivity contribution in [2.75, 3.05) is 19.8 Å². The molecular weight excluding hydrogens is 314 g/mol. The Balaban J connectivity index is 1.39. The van der Waals surface area contributed by atoms with E-state index >= 15 is 0 Å².